The Kier molecular flexibility index (Phi) is 8.14. The Labute approximate surface area is 208 Å². The van der Waals surface area contributed by atoms with Crippen LogP contribution in [0.2, 0.25) is 0 Å². The van der Waals surface area contributed by atoms with Crippen LogP contribution in [0.4, 0.5) is 17.6 Å². The van der Waals surface area contributed by atoms with Crippen LogP contribution in [0.1, 0.15) is 74.2 Å². The standard InChI is InChI=1S/C30H30F4O2/c1-2-3-25(35)21-12-10-20(11-13-21)23-15-14-22(27(31)28(23)32)9-6-18-4-7-19(8-5-18)24-16-17-26(36)30(34)29(24)33/h6,9-19,25,35-36H,2-5,7-8H2,1H3/b9-6+. The van der Waals surface area contributed by atoms with E-state index in [1.54, 1.807) is 42.5 Å². The maximum Gasteiger partial charge on any atom is 0.200 e. The highest BCUT2D eigenvalue weighted by Gasteiger charge is 2.25. The first kappa shape index (κ1) is 26.0. The second-order valence-corrected chi connectivity index (χ2v) is 9.53. The molecule has 1 atom stereocenters. The van der Waals surface area contributed by atoms with Crippen molar-refractivity contribution < 1.29 is 27.8 Å². The van der Waals surface area contributed by atoms with Crippen molar-refractivity contribution in [3.8, 4) is 16.9 Å². The second kappa shape index (κ2) is 11.3. The lowest BCUT2D eigenvalue weighted by Crippen LogP contribution is -2.13. The molecule has 0 aromatic heterocycles. The lowest BCUT2D eigenvalue weighted by atomic mass is 9.78. The number of phenolic OH excluding ortho intramolecular Hbond substituents is 1. The highest BCUT2D eigenvalue weighted by atomic mass is 19.2. The minimum atomic E-state index is -1.22. The summed E-state index contributed by atoms with van der Waals surface area (Å²) < 4.78 is 57.6. The van der Waals surface area contributed by atoms with E-state index in [1.165, 1.54) is 12.1 Å². The van der Waals surface area contributed by atoms with Gasteiger partial charge < -0.3 is 10.2 Å². The molecule has 2 nitrogen and oxygen atoms in total. The normalized spacial score (nSPS) is 19.1. The number of phenols is 1. The third-order valence-electron chi connectivity index (χ3n) is 7.13. The van der Waals surface area contributed by atoms with Crippen LogP contribution in [0, 0.1) is 29.2 Å². The Hall–Kier alpha value is -3.12. The summed E-state index contributed by atoms with van der Waals surface area (Å²) in [5.41, 5.74) is 1.86. The van der Waals surface area contributed by atoms with Gasteiger partial charge in [0.05, 0.1) is 6.10 Å². The highest BCUT2D eigenvalue weighted by molar-refractivity contribution is 5.67. The summed E-state index contributed by atoms with van der Waals surface area (Å²) in [6, 6.07) is 12.5. The number of aromatic hydroxyl groups is 1. The number of aliphatic hydroxyl groups excluding tert-OH is 1. The van der Waals surface area contributed by atoms with Crippen molar-refractivity contribution in [2.75, 3.05) is 0 Å². The summed E-state index contributed by atoms with van der Waals surface area (Å²) in [5.74, 6) is -4.79. The van der Waals surface area contributed by atoms with Gasteiger partial charge in [-0.25, -0.2) is 13.2 Å². The Morgan fingerprint density at radius 1 is 0.833 bits per heavy atom. The first-order chi connectivity index (χ1) is 17.3. The van der Waals surface area contributed by atoms with Crippen LogP contribution in [0.5, 0.6) is 5.75 Å². The van der Waals surface area contributed by atoms with Gasteiger partial charge in [-0.1, -0.05) is 68.0 Å². The molecule has 190 valence electrons. The van der Waals surface area contributed by atoms with Gasteiger partial charge in [0.2, 0.25) is 5.82 Å². The van der Waals surface area contributed by atoms with Gasteiger partial charge in [-0.15, -0.1) is 0 Å². The fourth-order valence-corrected chi connectivity index (χ4v) is 4.97. The molecule has 36 heavy (non-hydrogen) atoms. The number of benzene rings is 3. The van der Waals surface area contributed by atoms with E-state index in [0.717, 1.165) is 12.0 Å². The molecule has 3 aromatic carbocycles. The third-order valence-corrected chi connectivity index (χ3v) is 7.13. The third kappa shape index (κ3) is 5.49. The summed E-state index contributed by atoms with van der Waals surface area (Å²) in [4.78, 5) is 0. The molecule has 2 N–H and O–H groups in total. The number of allylic oxidation sites excluding steroid dienone is 1. The molecule has 0 saturated heterocycles. The van der Waals surface area contributed by atoms with E-state index in [4.69, 9.17) is 0 Å². The van der Waals surface area contributed by atoms with Gasteiger partial charge in [-0.3, -0.25) is 0 Å². The lowest BCUT2D eigenvalue weighted by Gasteiger charge is -2.27. The van der Waals surface area contributed by atoms with Crippen LogP contribution >= 0.6 is 0 Å². The summed E-state index contributed by atoms with van der Waals surface area (Å²) in [7, 11) is 0. The minimum absolute atomic E-state index is 0.121. The van der Waals surface area contributed by atoms with Gasteiger partial charge >= 0.3 is 0 Å². The molecule has 0 radical (unpaired) electrons. The van der Waals surface area contributed by atoms with Crippen LogP contribution < -0.4 is 0 Å². The Morgan fingerprint density at radius 3 is 2.19 bits per heavy atom. The van der Waals surface area contributed by atoms with Crippen LogP contribution in [-0.2, 0) is 0 Å². The van der Waals surface area contributed by atoms with Gasteiger partial charge in [0.25, 0.3) is 0 Å². The summed E-state index contributed by atoms with van der Waals surface area (Å²) >= 11 is 0. The van der Waals surface area contributed by atoms with Gasteiger partial charge in [0.1, 0.15) is 0 Å². The van der Waals surface area contributed by atoms with E-state index < -0.39 is 35.1 Å². The zero-order chi connectivity index (χ0) is 25.8. The summed E-state index contributed by atoms with van der Waals surface area (Å²) in [5, 5.41) is 19.4. The molecule has 6 heteroatoms. The average Bonchev–Trinajstić information content (AvgIpc) is 2.89. The Bertz CT molecular complexity index is 1230. The highest BCUT2D eigenvalue weighted by Crippen LogP contribution is 2.39. The zero-order valence-electron chi connectivity index (χ0n) is 20.2. The van der Waals surface area contributed by atoms with Crippen molar-refractivity contribution in [2.24, 2.45) is 5.92 Å². The molecule has 0 amide bonds. The number of rotatable bonds is 7. The van der Waals surface area contributed by atoms with E-state index >= 15 is 0 Å². The largest absolute Gasteiger partial charge is 0.505 e. The van der Waals surface area contributed by atoms with Crippen molar-refractivity contribution in [3.63, 3.8) is 0 Å². The molecule has 1 aliphatic carbocycles. The van der Waals surface area contributed by atoms with Crippen molar-refractivity contribution in [3.05, 3.63) is 94.6 Å². The maximum absolute atomic E-state index is 14.9. The number of halogens is 4. The Balaban J connectivity index is 1.42. The molecule has 0 spiro atoms. The van der Waals surface area contributed by atoms with E-state index in [1.807, 2.05) is 13.0 Å². The van der Waals surface area contributed by atoms with Crippen LogP contribution in [-0.4, -0.2) is 10.2 Å². The molecule has 4 rings (SSSR count). The average molecular weight is 499 g/mol. The summed E-state index contributed by atoms with van der Waals surface area (Å²) in [6.45, 7) is 1.98. The minimum Gasteiger partial charge on any atom is -0.505 e. The quantitative estimate of drug-likeness (QED) is 0.321. The first-order valence-electron chi connectivity index (χ1n) is 12.4. The molecule has 0 aliphatic heterocycles. The van der Waals surface area contributed by atoms with E-state index in [9.17, 15) is 27.8 Å². The fraction of sp³-hybridized carbons (Fsp3) is 0.333. The van der Waals surface area contributed by atoms with Crippen molar-refractivity contribution >= 4 is 6.08 Å². The smallest absolute Gasteiger partial charge is 0.200 e. The van der Waals surface area contributed by atoms with Gasteiger partial charge in [0, 0.05) is 11.1 Å². The zero-order valence-corrected chi connectivity index (χ0v) is 20.2. The van der Waals surface area contributed by atoms with Crippen LogP contribution in [0.25, 0.3) is 17.2 Å². The first-order valence-corrected chi connectivity index (χ1v) is 12.4. The van der Waals surface area contributed by atoms with E-state index in [2.05, 4.69) is 0 Å². The number of hydrogen-bond acceptors (Lipinski definition) is 2. The monoisotopic (exact) mass is 498 g/mol. The van der Waals surface area contributed by atoms with Gasteiger partial charge in [-0.2, -0.15) is 4.39 Å². The summed E-state index contributed by atoms with van der Waals surface area (Å²) in [6.07, 6.45) is 7.03. The molecule has 0 bridgehead atoms. The molecule has 1 fully saturated rings. The molecule has 1 saturated carbocycles. The number of aliphatic hydroxyl groups is 1. The van der Waals surface area contributed by atoms with Crippen molar-refractivity contribution in [1.29, 1.82) is 0 Å². The van der Waals surface area contributed by atoms with E-state index in [-0.39, 0.29) is 28.5 Å². The molecular formula is C30H30F4O2. The van der Waals surface area contributed by atoms with E-state index in [0.29, 0.717) is 37.7 Å². The lowest BCUT2D eigenvalue weighted by molar-refractivity contribution is 0.166. The van der Waals surface area contributed by atoms with Crippen LogP contribution in [0.15, 0.2) is 54.6 Å². The molecule has 0 heterocycles. The predicted molar refractivity (Wildman–Crippen MR) is 133 cm³/mol. The van der Waals surface area contributed by atoms with Crippen molar-refractivity contribution in [1.82, 2.24) is 0 Å². The van der Waals surface area contributed by atoms with Gasteiger partial charge in [0.15, 0.2) is 23.2 Å². The van der Waals surface area contributed by atoms with Gasteiger partial charge in [-0.05, 0) is 66.7 Å². The SMILES string of the molecule is CCCC(O)c1ccc(-c2ccc(/C=C/C3CCC(c4ccc(O)c(F)c4F)CC3)c(F)c2F)cc1. The second-order valence-electron chi connectivity index (χ2n) is 9.53. The van der Waals surface area contributed by atoms with Crippen LogP contribution in [0.3, 0.4) is 0 Å². The fourth-order valence-electron chi connectivity index (χ4n) is 4.97. The maximum atomic E-state index is 14.9. The molecule has 1 unspecified atom stereocenters. The Morgan fingerprint density at radius 2 is 1.53 bits per heavy atom. The molecule has 1 aliphatic rings. The van der Waals surface area contributed by atoms with Crippen molar-refractivity contribution in [2.45, 2.75) is 57.5 Å². The molecular weight excluding hydrogens is 468 g/mol. The number of hydrogen-bond donors (Lipinski definition) is 2. The predicted octanol–water partition coefficient (Wildman–Crippen LogP) is 8.44. The molecule has 3 aromatic rings. The topological polar surface area (TPSA) is 40.5 Å².